The molecule has 0 aliphatic heterocycles. The second kappa shape index (κ2) is 5.35. The minimum atomic E-state index is 0.185. The molecule has 1 aromatic rings. The molecule has 2 nitrogen and oxygen atoms in total. The van der Waals surface area contributed by atoms with E-state index in [2.05, 4.69) is 12.1 Å². The molecular weight excluding hydrogens is 200 g/mol. The Morgan fingerprint density at radius 1 is 1.25 bits per heavy atom. The fourth-order valence-corrected chi connectivity index (χ4v) is 2.09. The number of hydrogen-bond donors (Lipinski definition) is 1. The summed E-state index contributed by atoms with van der Waals surface area (Å²) >= 11 is 0. The first kappa shape index (κ1) is 11.5. The fraction of sp³-hybridized carbons (Fsp3) is 0.571. The molecule has 0 saturated heterocycles. The third-order valence-electron chi connectivity index (χ3n) is 3.17. The number of aliphatic hydroxyl groups is 1. The lowest BCUT2D eigenvalue weighted by molar-refractivity contribution is 0.174. The molecule has 0 heterocycles. The smallest absolute Gasteiger partial charge is 0.119 e. The van der Waals surface area contributed by atoms with E-state index in [1.54, 1.807) is 0 Å². The van der Waals surface area contributed by atoms with Crippen molar-refractivity contribution in [2.45, 2.75) is 32.6 Å². The second-order valence-corrected chi connectivity index (χ2v) is 4.74. The summed E-state index contributed by atoms with van der Waals surface area (Å²) in [6, 6.07) is 6.40. The van der Waals surface area contributed by atoms with Gasteiger partial charge in [0, 0.05) is 12.5 Å². The van der Waals surface area contributed by atoms with E-state index in [4.69, 9.17) is 9.84 Å². The Balaban J connectivity index is 2.00. The minimum Gasteiger partial charge on any atom is -0.493 e. The van der Waals surface area contributed by atoms with Crippen LogP contribution in [0.4, 0.5) is 0 Å². The lowest BCUT2D eigenvalue weighted by Gasteiger charge is -2.17. The van der Waals surface area contributed by atoms with Crippen LogP contribution in [0.1, 0.15) is 30.9 Å². The molecule has 88 valence electrons. The summed E-state index contributed by atoms with van der Waals surface area (Å²) < 4.78 is 5.66. The highest BCUT2D eigenvalue weighted by molar-refractivity contribution is 5.37. The number of aliphatic hydroxyl groups excluding tert-OH is 1. The molecule has 16 heavy (non-hydrogen) atoms. The lowest BCUT2D eigenvalue weighted by atomic mass is 9.92. The van der Waals surface area contributed by atoms with Crippen molar-refractivity contribution in [2.75, 3.05) is 13.2 Å². The van der Waals surface area contributed by atoms with Gasteiger partial charge in [-0.3, -0.25) is 0 Å². The Hall–Kier alpha value is -1.02. The molecule has 2 rings (SSSR count). The molecule has 0 bridgehead atoms. The molecule has 1 atom stereocenters. The molecule has 1 aliphatic rings. The van der Waals surface area contributed by atoms with Crippen molar-refractivity contribution in [3.8, 4) is 5.75 Å². The van der Waals surface area contributed by atoms with Crippen molar-refractivity contribution in [3.63, 3.8) is 0 Å². The first-order valence-corrected chi connectivity index (χ1v) is 6.15. The van der Waals surface area contributed by atoms with Crippen LogP contribution in [0, 0.1) is 5.92 Å². The van der Waals surface area contributed by atoms with Crippen molar-refractivity contribution in [1.82, 2.24) is 0 Å². The van der Waals surface area contributed by atoms with E-state index >= 15 is 0 Å². The summed E-state index contributed by atoms with van der Waals surface area (Å²) in [5, 5.41) is 8.92. The maximum atomic E-state index is 8.92. The van der Waals surface area contributed by atoms with Crippen LogP contribution in [0.2, 0.25) is 0 Å². The molecule has 1 N–H and O–H groups in total. The predicted octanol–water partition coefficient (Wildman–Crippen LogP) is 2.57. The normalized spacial score (nSPS) is 16.6. The standard InChI is InChI=1S/C14H20O2/c1-11(9-15)10-16-14-7-6-12-4-2-3-5-13(12)8-14/h6-8,11,15H,2-5,9-10H2,1H3. The van der Waals surface area contributed by atoms with E-state index in [0.717, 1.165) is 5.75 Å². The lowest BCUT2D eigenvalue weighted by Crippen LogP contribution is -2.12. The molecule has 0 radical (unpaired) electrons. The van der Waals surface area contributed by atoms with Crippen LogP contribution in [0.5, 0.6) is 5.75 Å². The van der Waals surface area contributed by atoms with Gasteiger partial charge in [-0.2, -0.15) is 0 Å². The van der Waals surface area contributed by atoms with E-state index in [1.165, 1.54) is 36.8 Å². The van der Waals surface area contributed by atoms with Crippen LogP contribution >= 0.6 is 0 Å². The van der Waals surface area contributed by atoms with Gasteiger partial charge in [0.25, 0.3) is 0 Å². The van der Waals surface area contributed by atoms with Crippen LogP contribution in [0.15, 0.2) is 18.2 Å². The summed E-state index contributed by atoms with van der Waals surface area (Å²) in [5.74, 6) is 1.15. The van der Waals surface area contributed by atoms with Gasteiger partial charge in [-0.15, -0.1) is 0 Å². The average Bonchev–Trinajstić information content (AvgIpc) is 2.35. The van der Waals surface area contributed by atoms with Crippen LogP contribution in [-0.4, -0.2) is 18.3 Å². The van der Waals surface area contributed by atoms with Crippen LogP contribution in [0.3, 0.4) is 0 Å². The zero-order valence-corrected chi connectivity index (χ0v) is 9.91. The highest BCUT2D eigenvalue weighted by Gasteiger charge is 2.10. The Morgan fingerprint density at radius 2 is 2.00 bits per heavy atom. The van der Waals surface area contributed by atoms with Gasteiger partial charge in [0.15, 0.2) is 0 Å². The van der Waals surface area contributed by atoms with E-state index in [9.17, 15) is 0 Å². The summed E-state index contributed by atoms with van der Waals surface area (Å²) in [5.41, 5.74) is 2.93. The van der Waals surface area contributed by atoms with Crippen LogP contribution in [-0.2, 0) is 12.8 Å². The zero-order chi connectivity index (χ0) is 11.4. The SMILES string of the molecule is CC(CO)COc1ccc2c(c1)CCCC2. The van der Waals surface area contributed by atoms with E-state index in [0.29, 0.717) is 6.61 Å². The molecular formula is C14H20O2. The van der Waals surface area contributed by atoms with E-state index < -0.39 is 0 Å². The first-order chi connectivity index (χ1) is 7.79. The summed E-state index contributed by atoms with van der Waals surface area (Å²) in [4.78, 5) is 0. The van der Waals surface area contributed by atoms with Crippen molar-refractivity contribution >= 4 is 0 Å². The summed E-state index contributed by atoms with van der Waals surface area (Å²) in [6.45, 7) is 2.76. The number of fused-ring (bicyclic) bond motifs is 1. The number of aryl methyl sites for hydroxylation is 2. The summed E-state index contributed by atoms with van der Waals surface area (Å²) in [6.07, 6.45) is 5.00. The molecule has 0 amide bonds. The van der Waals surface area contributed by atoms with Gasteiger partial charge in [0.2, 0.25) is 0 Å². The third-order valence-corrected chi connectivity index (χ3v) is 3.17. The molecule has 0 saturated carbocycles. The van der Waals surface area contributed by atoms with Crippen LogP contribution in [0.25, 0.3) is 0 Å². The van der Waals surface area contributed by atoms with Gasteiger partial charge in [-0.1, -0.05) is 13.0 Å². The van der Waals surface area contributed by atoms with Crippen LogP contribution < -0.4 is 4.74 Å². The van der Waals surface area contributed by atoms with Gasteiger partial charge in [0.1, 0.15) is 5.75 Å². The van der Waals surface area contributed by atoms with Crippen molar-refractivity contribution in [1.29, 1.82) is 0 Å². The number of benzene rings is 1. The molecule has 1 unspecified atom stereocenters. The topological polar surface area (TPSA) is 29.5 Å². The van der Waals surface area contributed by atoms with Gasteiger partial charge in [0.05, 0.1) is 6.61 Å². The number of ether oxygens (including phenoxy) is 1. The largest absolute Gasteiger partial charge is 0.493 e. The quantitative estimate of drug-likeness (QED) is 0.845. The number of hydrogen-bond acceptors (Lipinski definition) is 2. The summed E-state index contributed by atoms with van der Waals surface area (Å²) in [7, 11) is 0. The minimum absolute atomic E-state index is 0.185. The molecule has 2 heteroatoms. The second-order valence-electron chi connectivity index (χ2n) is 4.74. The van der Waals surface area contributed by atoms with Crippen molar-refractivity contribution in [2.24, 2.45) is 5.92 Å². The third kappa shape index (κ3) is 2.76. The molecule has 0 aromatic heterocycles. The Morgan fingerprint density at radius 3 is 2.75 bits per heavy atom. The highest BCUT2D eigenvalue weighted by Crippen LogP contribution is 2.25. The highest BCUT2D eigenvalue weighted by atomic mass is 16.5. The predicted molar refractivity (Wildman–Crippen MR) is 64.8 cm³/mol. The van der Waals surface area contributed by atoms with Crippen molar-refractivity contribution < 1.29 is 9.84 Å². The fourth-order valence-electron chi connectivity index (χ4n) is 2.09. The Bertz CT molecular complexity index is 347. The molecule has 0 spiro atoms. The Labute approximate surface area is 97.3 Å². The van der Waals surface area contributed by atoms with Gasteiger partial charge in [-0.05, 0) is 48.9 Å². The van der Waals surface area contributed by atoms with E-state index in [1.807, 2.05) is 13.0 Å². The Kier molecular flexibility index (Phi) is 3.83. The van der Waals surface area contributed by atoms with Crippen molar-refractivity contribution in [3.05, 3.63) is 29.3 Å². The monoisotopic (exact) mass is 220 g/mol. The maximum Gasteiger partial charge on any atom is 0.119 e. The molecule has 1 aromatic carbocycles. The molecule has 1 aliphatic carbocycles. The van der Waals surface area contributed by atoms with Gasteiger partial charge >= 0.3 is 0 Å². The average molecular weight is 220 g/mol. The van der Waals surface area contributed by atoms with Gasteiger partial charge in [-0.25, -0.2) is 0 Å². The number of rotatable bonds is 4. The van der Waals surface area contributed by atoms with E-state index in [-0.39, 0.29) is 12.5 Å². The molecule has 0 fully saturated rings. The first-order valence-electron chi connectivity index (χ1n) is 6.15. The maximum absolute atomic E-state index is 8.92. The van der Waals surface area contributed by atoms with Gasteiger partial charge < -0.3 is 9.84 Å². The zero-order valence-electron chi connectivity index (χ0n) is 9.91.